The van der Waals surface area contributed by atoms with Crippen LogP contribution in [0, 0.1) is 5.82 Å². The van der Waals surface area contributed by atoms with Crippen LogP contribution in [0.4, 0.5) is 14.9 Å². The van der Waals surface area contributed by atoms with Crippen molar-refractivity contribution in [1.29, 1.82) is 0 Å². The van der Waals surface area contributed by atoms with Gasteiger partial charge in [0.2, 0.25) is 0 Å². The molecule has 3 aromatic carbocycles. The van der Waals surface area contributed by atoms with Gasteiger partial charge < -0.3 is 24.7 Å². The summed E-state index contributed by atoms with van der Waals surface area (Å²) in [6, 6.07) is 18.9. The molecule has 34 heavy (non-hydrogen) atoms. The Morgan fingerprint density at radius 2 is 1.94 bits per heavy atom. The first-order chi connectivity index (χ1) is 16.6. The number of urea groups is 1. The summed E-state index contributed by atoms with van der Waals surface area (Å²) in [4.78, 5) is 18.8. The van der Waals surface area contributed by atoms with Crippen LogP contribution in [0.1, 0.15) is 29.8 Å². The van der Waals surface area contributed by atoms with E-state index in [4.69, 9.17) is 9.47 Å². The number of rotatable bonds is 5. The zero-order chi connectivity index (χ0) is 23.7. The lowest BCUT2D eigenvalue weighted by molar-refractivity contribution is 0.193. The van der Waals surface area contributed by atoms with Gasteiger partial charge >= 0.3 is 6.03 Å². The summed E-state index contributed by atoms with van der Waals surface area (Å²) in [6.07, 6.45) is 0.681. The number of aromatic nitrogens is 1. The van der Waals surface area contributed by atoms with Crippen LogP contribution in [0.5, 0.6) is 11.5 Å². The highest BCUT2D eigenvalue weighted by molar-refractivity contribution is 5.93. The number of ether oxygens (including phenoxy) is 2. The van der Waals surface area contributed by atoms with E-state index in [2.05, 4.69) is 10.3 Å². The average Bonchev–Trinajstić information content (AvgIpc) is 3.23. The number of nitrogens with one attached hydrogen (secondary N) is 2. The first-order valence-corrected chi connectivity index (χ1v) is 11.3. The van der Waals surface area contributed by atoms with Gasteiger partial charge in [0.15, 0.2) is 0 Å². The van der Waals surface area contributed by atoms with Crippen LogP contribution in [0.25, 0.3) is 10.9 Å². The second kappa shape index (κ2) is 9.09. The molecule has 2 N–H and O–H groups in total. The van der Waals surface area contributed by atoms with Gasteiger partial charge in [0, 0.05) is 23.1 Å². The molecule has 0 bridgehead atoms. The zero-order valence-electron chi connectivity index (χ0n) is 19.1. The van der Waals surface area contributed by atoms with Crippen LogP contribution < -0.4 is 14.8 Å². The number of aromatic amines is 1. The lowest BCUT2D eigenvalue weighted by Crippen LogP contribution is -2.43. The van der Waals surface area contributed by atoms with E-state index < -0.39 is 6.04 Å². The average molecular weight is 460 g/mol. The Bertz CT molecular complexity index is 1330. The van der Waals surface area contributed by atoms with E-state index in [-0.39, 0.29) is 11.8 Å². The lowest BCUT2D eigenvalue weighted by Gasteiger charge is -2.36. The molecule has 2 amide bonds. The van der Waals surface area contributed by atoms with Crippen molar-refractivity contribution in [3.05, 3.63) is 89.4 Å². The number of hydrogen-bond acceptors (Lipinski definition) is 3. The monoisotopic (exact) mass is 459 g/mol. The molecule has 1 aliphatic rings. The molecule has 0 saturated carbocycles. The molecule has 6 nitrogen and oxygen atoms in total. The third-order valence-electron chi connectivity index (χ3n) is 6.21. The molecule has 4 aromatic rings. The van der Waals surface area contributed by atoms with Gasteiger partial charge in [0.25, 0.3) is 0 Å². The Labute approximate surface area is 197 Å². The molecular formula is C27H26FN3O3. The zero-order valence-corrected chi connectivity index (χ0v) is 19.1. The van der Waals surface area contributed by atoms with Crippen LogP contribution in [-0.4, -0.2) is 36.2 Å². The molecule has 2 heterocycles. The molecule has 0 saturated heterocycles. The number of para-hydroxylation sites is 2. The van der Waals surface area contributed by atoms with Crippen molar-refractivity contribution in [1.82, 2.24) is 9.88 Å². The van der Waals surface area contributed by atoms with Gasteiger partial charge in [0.1, 0.15) is 17.3 Å². The number of nitrogens with zero attached hydrogens (tertiary/aromatic N) is 1. The second-order valence-corrected chi connectivity index (χ2v) is 8.19. The topological polar surface area (TPSA) is 66.6 Å². The van der Waals surface area contributed by atoms with Crippen molar-refractivity contribution in [2.24, 2.45) is 0 Å². The number of methoxy groups -OCH3 is 1. The number of anilines is 1. The Hall–Kier alpha value is -4.00. The Morgan fingerprint density at radius 1 is 1.15 bits per heavy atom. The Balaban J connectivity index is 1.56. The minimum absolute atomic E-state index is 0.247. The molecule has 1 aromatic heterocycles. The number of fused-ring (bicyclic) bond motifs is 3. The minimum Gasteiger partial charge on any atom is -0.497 e. The second-order valence-electron chi connectivity index (χ2n) is 8.19. The molecule has 174 valence electrons. The highest BCUT2D eigenvalue weighted by atomic mass is 19.1. The maximum Gasteiger partial charge on any atom is 0.322 e. The Morgan fingerprint density at radius 3 is 2.71 bits per heavy atom. The summed E-state index contributed by atoms with van der Waals surface area (Å²) in [5.74, 6) is 1.08. The highest BCUT2D eigenvalue weighted by Gasteiger charge is 2.35. The number of H-pyrrole nitrogens is 1. The van der Waals surface area contributed by atoms with E-state index in [0.29, 0.717) is 31.0 Å². The van der Waals surface area contributed by atoms with E-state index in [1.807, 2.05) is 49.4 Å². The summed E-state index contributed by atoms with van der Waals surface area (Å²) < 4.78 is 24.8. The van der Waals surface area contributed by atoms with Crippen LogP contribution in [-0.2, 0) is 6.42 Å². The van der Waals surface area contributed by atoms with Gasteiger partial charge in [-0.1, -0.05) is 24.3 Å². The summed E-state index contributed by atoms with van der Waals surface area (Å²) in [5, 5.41) is 4.09. The molecule has 7 heteroatoms. The number of benzene rings is 3. The van der Waals surface area contributed by atoms with E-state index in [0.717, 1.165) is 33.5 Å². The third kappa shape index (κ3) is 3.94. The standard InChI is InChI=1S/C27H26FN3O3/c1-3-34-24-7-5-4-6-23(24)30-27(32)31-15-14-20-21-16-19(33-2)12-13-22(21)29-25(20)26(31)17-8-10-18(28)11-9-17/h4-13,16,26,29H,3,14-15H2,1-2H3,(H,30,32). The summed E-state index contributed by atoms with van der Waals surface area (Å²) >= 11 is 0. The van der Waals surface area contributed by atoms with Crippen molar-refractivity contribution in [2.75, 3.05) is 25.6 Å². The molecule has 0 spiro atoms. The normalized spacial score (nSPS) is 15.1. The predicted octanol–water partition coefficient (Wildman–Crippen LogP) is 5.89. The van der Waals surface area contributed by atoms with Crippen LogP contribution >= 0.6 is 0 Å². The quantitative estimate of drug-likeness (QED) is 0.391. The number of carbonyl (C=O) groups is 1. The lowest BCUT2D eigenvalue weighted by atomic mass is 9.92. The van der Waals surface area contributed by atoms with E-state index in [9.17, 15) is 9.18 Å². The molecule has 1 unspecified atom stereocenters. The van der Waals surface area contributed by atoms with E-state index in [1.165, 1.54) is 12.1 Å². The summed E-state index contributed by atoms with van der Waals surface area (Å²) in [5.41, 5.74) is 4.48. The van der Waals surface area contributed by atoms with Crippen molar-refractivity contribution in [3.8, 4) is 11.5 Å². The number of hydrogen-bond donors (Lipinski definition) is 2. The molecule has 0 aliphatic carbocycles. The van der Waals surface area contributed by atoms with Crippen LogP contribution in [0.3, 0.4) is 0 Å². The van der Waals surface area contributed by atoms with Gasteiger partial charge in [-0.15, -0.1) is 0 Å². The first-order valence-electron chi connectivity index (χ1n) is 11.3. The van der Waals surface area contributed by atoms with Gasteiger partial charge in [-0.05, 0) is 66.9 Å². The molecular weight excluding hydrogens is 433 g/mol. The van der Waals surface area contributed by atoms with Crippen molar-refractivity contribution in [2.45, 2.75) is 19.4 Å². The molecule has 1 atom stereocenters. The largest absolute Gasteiger partial charge is 0.497 e. The van der Waals surface area contributed by atoms with Gasteiger partial charge in [-0.25, -0.2) is 9.18 Å². The molecule has 0 radical (unpaired) electrons. The van der Waals surface area contributed by atoms with Gasteiger partial charge in [-0.3, -0.25) is 0 Å². The van der Waals surface area contributed by atoms with Gasteiger partial charge in [-0.2, -0.15) is 0 Å². The van der Waals surface area contributed by atoms with Crippen LogP contribution in [0.2, 0.25) is 0 Å². The SMILES string of the molecule is CCOc1ccccc1NC(=O)N1CCc2c([nH]c3ccc(OC)cc23)C1c1ccc(F)cc1. The Kier molecular flexibility index (Phi) is 5.84. The van der Waals surface area contributed by atoms with Crippen LogP contribution in [0.15, 0.2) is 66.7 Å². The number of amides is 2. The van der Waals surface area contributed by atoms with Crippen molar-refractivity contribution >= 4 is 22.6 Å². The fourth-order valence-electron chi connectivity index (χ4n) is 4.64. The summed E-state index contributed by atoms with van der Waals surface area (Å²) in [7, 11) is 1.65. The highest BCUT2D eigenvalue weighted by Crippen LogP contribution is 2.40. The fraction of sp³-hybridized carbons (Fsp3) is 0.222. The number of halogens is 1. The smallest absolute Gasteiger partial charge is 0.322 e. The number of carbonyl (C=O) groups excluding carboxylic acids is 1. The molecule has 5 rings (SSSR count). The maximum absolute atomic E-state index is 13.7. The maximum atomic E-state index is 13.7. The third-order valence-corrected chi connectivity index (χ3v) is 6.21. The minimum atomic E-state index is -0.401. The van der Waals surface area contributed by atoms with Gasteiger partial charge in [0.05, 0.1) is 25.4 Å². The fourth-order valence-corrected chi connectivity index (χ4v) is 4.64. The van der Waals surface area contributed by atoms with Crippen molar-refractivity contribution in [3.63, 3.8) is 0 Å². The van der Waals surface area contributed by atoms with E-state index >= 15 is 0 Å². The van der Waals surface area contributed by atoms with Crippen molar-refractivity contribution < 1.29 is 18.7 Å². The summed E-state index contributed by atoms with van der Waals surface area (Å²) in [6.45, 7) is 2.90. The predicted molar refractivity (Wildman–Crippen MR) is 130 cm³/mol. The first kappa shape index (κ1) is 21.8. The molecule has 0 fully saturated rings. The van der Waals surface area contributed by atoms with E-state index in [1.54, 1.807) is 24.1 Å². The molecule has 1 aliphatic heterocycles.